The molecule has 1 aliphatic carbocycles. The van der Waals surface area contributed by atoms with Crippen LogP contribution in [0.25, 0.3) is 66.1 Å². The highest BCUT2D eigenvalue weighted by atomic mass is 15.0. The highest BCUT2D eigenvalue weighted by Crippen LogP contribution is 2.56. The second-order valence-corrected chi connectivity index (χ2v) is 13.7. The molecule has 11 rings (SSSR count). The van der Waals surface area contributed by atoms with Crippen LogP contribution in [0.3, 0.4) is 0 Å². The van der Waals surface area contributed by atoms with Gasteiger partial charge in [0.25, 0.3) is 0 Å². The van der Waals surface area contributed by atoms with E-state index in [2.05, 4.69) is 203 Å². The summed E-state index contributed by atoms with van der Waals surface area (Å²) in [6.45, 7) is 4.00. The van der Waals surface area contributed by atoms with Crippen LogP contribution in [0.5, 0.6) is 0 Å². The Bertz CT molecular complexity index is 2900. The fraction of sp³-hybridized carbons (Fsp3) is 0.0588. The molecule has 0 amide bonds. The largest absolute Gasteiger partial charge is 0.307 e. The first kappa shape index (κ1) is 31.1. The highest BCUT2D eigenvalue weighted by molar-refractivity contribution is 6.24. The zero-order chi connectivity index (χ0) is 35.5. The molecule has 10 aromatic rings. The van der Waals surface area contributed by atoms with Gasteiger partial charge in [0, 0.05) is 32.9 Å². The van der Waals surface area contributed by atoms with Gasteiger partial charge in [-0.15, -0.1) is 0 Å². The van der Waals surface area contributed by atoms with Gasteiger partial charge in [-0.3, -0.25) is 0 Å². The van der Waals surface area contributed by atoms with Crippen LogP contribution >= 0.6 is 0 Å². The van der Waals surface area contributed by atoms with Crippen molar-refractivity contribution in [1.82, 2.24) is 9.13 Å². The molecule has 8 aromatic carbocycles. The Balaban J connectivity index is 0.00000172. The molecule has 1 aliphatic rings. The third-order valence-corrected chi connectivity index (χ3v) is 11.2. The van der Waals surface area contributed by atoms with E-state index in [1.807, 2.05) is 13.8 Å². The molecule has 0 radical (unpaired) electrons. The van der Waals surface area contributed by atoms with E-state index in [0.29, 0.717) is 0 Å². The molecule has 0 spiro atoms. The predicted octanol–water partition coefficient (Wildman–Crippen LogP) is 13.3. The molecule has 0 fully saturated rings. The number of hydrogen-bond donors (Lipinski definition) is 0. The van der Waals surface area contributed by atoms with E-state index in [1.54, 1.807) is 0 Å². The maximum atomic E-state index is 2.49. The average molecular weight is 679 g/mol. The summed E-state index contributed by atoms with van der Waals surface area (Å²) in [7, 11) is 0. The summed E-state index contributed by atoms with van der Waals surface area (Å²) in [6, 6.07) is 71.5. The normalized spacial score (nSPS) is 12.9. The van der Waals surface area contributed by atoms with Crippen LogP contribution in [0.15, 0.2) is 194 Å². The molecule has 53 heavy (non-hydrogen) atoms. The lowest BCUT2D eigenvalue weighted by Gasteiger charge is -2.34. The van der Waals surface area contributed by atoms with Gasteiger partial charge in [0.15, 0.2) is 0 Å². The minimum Gasteiger partial charge on any atom is -0.307 e. The highest BCUT2D eigenvalue weighted by Gasteiger charge is 2.46. The number of nitrogens with zero attached hydrogens (tertiary/aromatic N) is 2. The maximum absolute atomic E-state index is 2.49. The number of fused-ring (bicyclic) bond motifs is 10. The monoisotopic (exact) mass is 678 g/mol. The van der Waals surface area contributed by atoms with E-state index in [9.17, 15) is 0 Å². The van der Waals surface area contributed by atoms with Crippen molar-refractivity contribution < 1.29 is 0 Å². The van der Waals surface area contributed by atoms with Gasteiger partial charge in [-0.1, -0.05) is 166 Å². The zero-order valence-electron chi connectivity index (χ0n) is 29.9. The molecule has 0 N–H and O–H groups in total. The van der Waals surface area contributed by atoms with Crippen molar-refractivity contribution in [3.05, 3.63) is 216 Å². The number of benzene rings is 8. The smallest absolute Gasteiger partial charge is 0.0788 e. The predicted molar refractivity (Wildman–Crippen MR) is 224 cm³/mol. The maximum Gasteiger partial charge on any atom is 0.0788 e. The van der Waals surface area contributed by atoms with Crippen molar-refractivity contribution in [2.75, 3.05) is 0 Å². The van der Waals surface area contributed by atoms with Crippen LogP contribution < -0.4 is 0 Å². The van der Waals surface area contributed by atoms with Crippen molar-refractivity contribution in [3.8, 4) is 22.5 Å². The van der Waals surface area contributed by atoms with Gasteiger partial charge in [-0.05, 0) is 75.8 Å². The quantitative estimate of drug-likeness (QED) is 0.175. The Morgan fingerprint density at radius 1 is 0.340 bits per heavy atom. The van der Waals surface area contributed by atoms with Crippen LogP contribution in [0.1, 0.15) is 36.1 Å². The first-order chi connectivity index (χ1) is 26.3. The average Bonchev–Trinajstić information content (AvgIpc) is 3.87. The van der Waals surface area contributed by atoms with Crippen molar-refractivity contribution >= 4 is 43.6 Å². The Hall–Kier alpha value is -6.64. The van der Waals surface area contributed by atoms with Crippen molar-refractivity contribution in [1.29, 1.82) is 0 Å². The Labute approximate surface area is 309 Å². The summed E-state index contributed by atoms with van der Waals surface area (Å²) in [4.78, 5) is 0. The number of para-hydroxylation sites is 3. The fourth-order valence-electron chi connectivity index (χ4n) is 9.19. The minimum absolute atomic E-state index is 0.465. The summed E-state index contributed by atoms with van der Waals surface area (Å²) in [5, 5.41) is 4.99. The molecule has 0 unspecified atom stereocenters. The lowest BCUT2D eigenvalue weighted by Crippen LogP contribution is -2.28. The van der Waals surface area contributed by atoms with Crippen LogP contribution in [0.4, 0.5) is 0 Å². The standard InChI is InChI=1S/C49H32N2.C2H6/c1-4-16-33(17-5-1)49(43-25-13-10-22-37(43)38-23-11-14-26-44(38)49)34-28-31-46-42(32-34)41-30-29-40-39-24-12-15-27-45(39)50(35-18-6-2-7-19-35)47(40)48(41)51(46)36-20-8-3-9-21-36;1-2/h1-32H;1-2H3. The molecule has 2 heterocycles. The molecule has 0 atom stereocenters. The lowest BCUT2D eigenvalue weighted by atomic mass is 9.67. The first-order valence-corrected chi connectivity index (χ1v) is 18.7. The fourth-order valence-corrected chi connectivity index (χ4v) is 9.19. The molecular formula is C51H38N2. The van der Waals surface area contributed by atoms with Crippen LogP contribution in [0, 0.1) is 0 Å². The van der Waals surface area contributed by atoms with Crippen molar-refractivity contribution in [2.45, 2.75) is 19.3 Å². The second-order valence-electron chi connectivity index (χ2n) is 13.7. The van der Waals surface area contributed by atoms with Gasteiger partial charge in [-0.2, -0.15) is 0 Å². The summed E-state index contributed by atoms with van der Waals surface area (Å²) in [5.74, 6) is 0. The van der Waals surface area contributed by atoms with Gasteiger partial charge < -0.3 is 9.13 Å². The SMILES string of the molecule is CC.c1ccc(-n2c3ccccc3c3ccc4c5cc(C6(c7ccccc7)c7ccccc7-c7ccccc76)ccc5n(-c5ccccc5)c4c32)cc1. The molecule has 0 aliphatic heterocycles. The van der Waals surface area contributed by atoms with Crippen LogP contribution in [-0.4, -0.2) is 9.13 Å². The Morgan fingerprint density at radius 2 is 0.792 bits per heavy atom. The van der Waals surface area contributed by atoms with E-state index in [1.165, 1.54) is 77.0 Å². The van der Waals surface area contributed by atoms with E-state index in [4.69, 9.17) is 0 Å². The van der Waals surface area contributed by atoms with Gasteiger partial charge >= 0.3 is 0 Å². The summed E-state index contributed by atoms with van der Waals surface area (Å²) < 4.78 is 4.95. The lowest BCUT2D eigenvalue weighted by molar-refractivity contribution is 0.770. The van der Waals surface area contributed by atoms with Gasteiger partial charge in [-0.25, -0.2) is 0 Å². The summed E-state index contributed by atoms with van der Waals surface area (Å²) in [6.07, 6.45) is 0. The second kappa shape index (κ2) is 12.3. The minimum atomic E-state index is -0.465. The molecular weight excluding hydrogens is 641 g/mol. The number of hydrogen-bond acceptors (Lipinski definition) is 0. The van der Waals surface area contributed by atoms with Crippen LogP contribution in [-0.2, 0) is 5.41 Å². The molecule has 0 saturated carbocycles. The van der Waals surface area contributed by atoms with Gasteiger partial charge in [0.2, 0.25) is 0 Å². The van der Waals surface area contributed by atoms with Gasteiger partial charge in [0.1, 0.15) is 0 Å². The molecule has 2 nitrogen and oxygen atoms in total. The van der Waals surface area contributed by atoms with Crippen molar-refractivity contribution in [3.63, 3.8) is 0 Å². The third-order valence-electron chi connectivity index (χ3n) is 11.2. The topological polar surface area (TPSA) is 9.86 Å². The molecule has 0 bridgehead atoms. The first-order valence-electron chi connectivity index (χ1n) is 18.7. The summed E-state index contributed by atoms with van der Waals surface area (Å²) in [5.41, 5.74) is 14.5. The van der Waals surface area contributed by atoms with Crippen LogP contribution in [0.2, 0.25) is 0 Å². The molecule has 252 valence electrons. The summed E-state index contributed by atoms with van der Waals surface area (Å²) >= 11 is 0. The van der Waals surface area contributed by atoms with E-state index < -0.39 is 5.41 Å². The van der Waals surface area contributed by atoms with E-state index in [-0.39, 0.29) is 0 Å². The molecule has 0 saturated heterocycles. The van der Waals surface area contributed by atoms with Gasteiger partial charge in [0.05, 0.1) is 27.5 Å². The number of aromatic nitrogens is 2. The van der Waals surface area contributed by atoms with Crippen molar-refractivity contribution in [2.24, 2.45) is 0 Å². The van der Waals surface area contributed by atoms with E-state index in [0.717, 1.165) is 11.4 Å². The Morgan fingerprint density at radius 3 is 1.38 bits per heavy atom. The zero-order valence-corrected chi connectivity index (χ0v) is 29.9. The van der Waals surface area contributed by atoms with E-state index >= 15 is 0 Å². The number of rotatable bonds is 4. The molecule has 2 heteroatoms. The molecule has 2 aromatic heterocycles. The Kier molecular flexibility index (Phi) is 7.19. The third kappa shape index (κ3) is 4.33.